The van der Waals surface area contributed by atoms with Crippen molar-refractivity contribution < 1.29 is 9.13 Å². The molecular weight excluding hydrogens is 379 g/mol. The largest absolute Gasteiger partial charge is 0.480 e. The van der Waals surface area contributed by atoms with Crippen molar-refractivity contribution in [2.24, 2.45) is 0 Å². The Kier molecular flexibility index (Phi) is 5.72. The zero-order chi connectivity index (χ0) is 20.1. The van der Waals surface area contributed by atoms with E-state index < -0.39 is 0 Å². The predicted molar refractivity (Wildman–Crippen MR) is 106 cm³/mol. The van der Waals surface area contributed by atoms with E-state index in [0.717, 1.165) is 9.58 Å². The number of benzene rings is 1. The molecule has 0 bridgehead atoms. The lowest BCUT2D eigenvalue weighted by atomic mass is 10.2. The number of anilines is 1. The highest BCUT2D eigenvalue weighted by Crippen LogP contribution is 2.31. The summed E-state index contributed by atoms with van der Waals surface area (Å²) < 4.78 is 22.5. The number of hydrogen-bond acceptors (Lipinski definition) is 7. The van der Waals surface area contributed by atoms with E-state index in [4.69, 9.17) is 22.0 Å². The van der Waals surface area contributed by atoms with Crippen LogP contribution in [0.2, 0.25) is 0 Å². The maximum absolute atomic E-state index is 13.0. The first kappa shape index (κ1) is 19.1. The van der Waals surface area contributed by atoms with Crippen LogP contribution < -0.4 is 14.9 Å². The first-order chi connectivity index (χ1) is 13.5. The van der Waals surface area contributed by atoms with Gasteiger partial charge in [0.1, 0.15) is 17.0 Å². The molecule has 0 radical (unpaired) electrons. The molecule has 3 N–H and O–H groups in total. The first-order valence-corrected chi connectivity index (χ1v) is 8.77. The van der Waals surface area contributed by atoms with Crippen LogP contribution in [0.3, 0.4) is 0 Å². The third-order valence-corrected chi connectivity index (χ3v) is 4.45. The second kappa shape index (κ2) is 8.37. The van der Waals surface area contributed by atoms with E-state index in [9.17, 15) is 4.39 Å². The molecule has 0 atom stereocenters. The molecule has 0 saturated heterocycles. The number of methoxy groups -OCH3 is 1. The number of aromatic nitrogens is 3. The molecule has 140 valence electrons. The van der Waals surface area contributed by atoms with Crippen molar-refractivity contribution in [3.63, 3.8) is 0 Å². The third-order valence-electron chi connectivity index (χ3n) is 3.62. The number of terminal acetylenes is 1. The summed E-state index contributed by atoms with van der Waals surface area (Å²) >= 11 is 1.28. The molecule has 0 saturated carbocycles. The molecule has 2 aromatic heterocycles. The lowest BCUT2D eigenvalue weighted by molar-refractivity contribution is 0.400. The van der Waals surface area contributed by atoms with Crippen molar-refractivity contribution in [3.05, 3.63) is 60.0 Å². The summed E-state index contributed by atoms with van der Waals surface area (Å²) in [6.07, 6.45) is 6.82. The van der Waals surface area contributed by atoms with Crippen molar-refractivity contribution >= 4 is 23.5 Å². The van der Waals surface area contributed by atoms with Gasteiger partial charge in [-0.1, -0.05) is 0 Å². The van der Waals surface area contributed by atoms with Gasteiger partial charge in [-0.05, 0) is 60.3 Å². The maximum atomic E-state index is 13.0. The molecule has 0 unspecified atom stereocenters. The Bertz CT molecular complexity index is 1120. The van der Waals surface area contributed by atoms with Crippen molar-refractivity contribution in [2.75, 3.05) is 11.8 Å². The van der Waals surface area contributed by atoms with Gasteiger partial charge in [0, 0.05) is 16.7 Å². The minimum Gasteiger partial charge on any atom is -0.480 e. The SMILES string of the molecule is C#CC(=N)n1nc(-c2cnc(OC)c(NSc3ccc(F)cc3)c2)ccc1=N. The summed E-state index contributed by atoms with van der Waals surface area (Å²) in [6, 6.07) is 11.0. The van der Waals surface area contributed by atoms with Crippen LogP contribution in [0.4, 0.5) is 10.1 Å². The molecule has 0 amide bonds. The Morgan fingerprint density at radius 1 is 1.29 bits per heavy atom. The van der Waals surface area contributed by atoms with Crippen LogP contribution in [0.15, 0.2) is 53.6 Å². The van der Waals surface area contributed by atoms with Gasteiger partial charge >= 0.3 is 0 Å². The molecule has 0 spiro atoms. The number of nitrogens with zero attached hydrogens (tertiary/aromatic N) is 3. The summed E-state index contributed by atoms with van der Waals surface area (Å²) in [7, 11) is 1.51. The Labute approximate surface area is 164 Å². The van der Waals surface area contributed by atoms with Crippen LogP contribution in [0, 0.1) is 29.0 Å². The van der Waals surface area contributed by atoms with Gasteiger partial charge in [-0.25, -0.2) is 9.37 Å². The topological polar surface area (TPSA) is 99.7 Å². The highest BCUT2D eigenvalue weighted by atomic mass is 32.2. The highest BCUT2D eigenvalue weighted by molar-refractivity contribution is 8.00. The van der Waals surface area contributed by atoms with Crippen LogP contribution in [0.1, 0.15) is 0 Å². The second-order valence-corrected chi connectivity index (χ2v) is 6.33. The van der Waals surface area contributed by atoms with E-state index in [1.54, 1.807) is 30.5 Å². The zero-order valence-electron chi connectivity index (χ0n) is 14.7. The standard InChI is InChI=1S/C19H15FN6OS/c1-3-17(21)26-18(22)9-8-15(24-26)12-10-16(19(27-2)23-11-12)25-28-14-6-4-13(20)5-7-14/h1,4-11,21-22,25H,2H3. The predicted octanol–water partition coefficient (Wildman–Crippen LogP) is 3.15. The fourth-order valence-corrected chi connectivity index (χ4v) is 2.90. The van der Waals surface area contributed by atoms with Gasteiger partial charge in [-0.3, -0.25) is 10.8 Å². The molecule has 0 aliphatic heterocycles. The zero-order valence-corrected chi connectivity index (χ0v) is 15.5. The smallest absolute Gasteiger partial charge is 0.237 e. The lowest BCUT2D eigenvalue weighted by Crippen LogP contribution is -2.27. The van der Waals surface area contributed by atoms with Crippen molar-refractivity contribution in [2.45, 2.75) is 4.90 Å². The van der Waals surface area contributed by atoms with E-state index in [-0.39, 0.29) is 17.1 Å². The van der Waals surface area contributed by atoms with Gasteiger partial charge in [0.05, 0.1) is 12.8 Å². The van der Waals surface area contributed by atoms with Gasteiger partial charge in [-0.2, -0.15) is 9.78 Å². The molecule has 1 aromatic carbocycles. The quantitative estimate of drug-likeness (QED) is 0.267. The third kappa shape index (κ3) is 4.19. The van der Waals surface area contributed by atoms with E-state index in [1.165, 1.54) is 37.3 Å². The fourth-order valence-electron chi connectivity index (χ4n) is 2.25. The number of rotatable bonds is 5. The summed E-state index contributed by atoms with van der Waals surface area (Å²) in [6.45, 7) is 0. The lowest BCUT2D eigenvalue weighted by Gasteiger charge is -2.12. The molecule has 0 aliphatic rings. The highest BCUT2D eigenvalue weighted by Gasteiger charge is 2.11. The molecule has 9 heteroatoms. The van der Waals surface area contributed by atoms with Gasteiger partial charge < -0.3 is 9.46 Å². The van der Waals surface area contributed by atoms with Crippen LogP contribution >= 0.6 is 11.9 Å². The van der Waals surface area contributed by atoms with E-state index >= 15 is 0 Å². The monoisotopic (exact) mass is 394 g/mol. The minimum atomic E-state index is -0.305. The molecular formula is C19H15FN6OS. The average molecular weight is 394 g/mol. The van der Waals surface area contributed by atoms with E-state index in [0.29, 0.717) is 22.8 Å². The molecule has 7 nitrogen and oxygen atoms in total. The van der Waals surface area contributed by atoms with Crippen LogP contribution in [0.5, 0.6) is 5.88 Å². The number of hydrogen-bond donors (Lipinski definition) is 3. The molecule has 3 aromatic rings. The van der Waals surface area contributed by atoms with E-state index in [1.807, 2.05) is 0 Å². The van der Waals surface area contributed by atoms with Gasteiger partial charge in [0.15, 0.2) is 5.84 Å². The van der Waals surface area contributed by atoms with E-state index in [2.05, 4.69) is 20.7 Å². The number of halogens is 1. The second-order valence-electron chi connectivity index (χ2n) is 5.45. The summed E-state index contributed by atoms with van der Waals surface area (Å²) in [5.41, 5.74) is 1.71. The fraction of sp³-hybridized carbons (Fsp3) is 0.0526. The molecule has 0 aliphatic carbocycles. The number of ether oxygens (including phenoxy) is 1. The van der Waals surface area contributed by atoms with Crippen LogP contribution in [0.25, 0.3) is 11.3 Å². The molecule has 0 fully saturated rings. The summed E-state index contributed by atoms with van der Waals surface area (Å²) in [4.78, 5) is 5.08. The molecule has 28 heavy (non-hydrogen) atoms. The minimum absolute atomic E-state index is 0.00150. The molecule has 2 heterocycles. The number of nitrogens with one attached hydrogen (secondary N) is 3. The normalized spacial score (nSPS) is 10.2. The van der Waals surface area contributed by atoms with Crippen LogP contribution in [-0.2, 0) is 0 Å². The molecule has 3 rings (SSSR count). The average Bonchev–Trinajstić information content (AvgIpc) is 2.73. The van der Waals surface area contributed by atoms with Crippen molar-refractivity contribution in [1.82, 2.24) is 14.8 Å². The van der Waals surface area contributed by atoms with Gasteiger partial charge in [-0.15, -0.1) is 6.42 Å². The Balaban J connectivity index is 1.92. The maximum Gasteiger partial charge on any atom is 0.237 e. The first-order valence-electron chi connectivity index (χ1n) is 7.95. The van der Waals surface area contributed by atoms with Crippen molar-refractivity contribution in [1.29, 1.82) is 10.8 Å². The Hall–Kier alpha value is -3.64. The van der Waals surface area contributed by atoms with Crippen molar-refractivity contribution in [3.8, 4) is 29.5 Å². The summed E-state index contributed by atoms with van der Waals surface area (Å²) in [5, 5.41) is 19.8. The van der Waals surface area contributed by atoms with Gasteiger partial charge in [0.2, 0.25) is 5.88 Å². The van der Waals surface area contributed by atoms with Crippen LogP contribution in [-0.4, -0.2) is 27.7 Å². The number of pyridine rings is 1. The van der Waals surface area contributed by atoms with Gasteiger partial charge in [0.25, 0.3) is 0 Å². The Morgan fingerprint density at radius 3 is 2.71 bits per heavy atom. The summed E-state index contributed by atoms with van der Waals surface area (Å²) in [5.74, 6) is 1.99. The Morgan fingerprint density at radius 2 is 2.04 bits per heavy atom.